The highest BCUT2D eigenvalue weighted by Crippen LogP contribution is 2.16. The zero-order valence-corrected chi connectivity index (χ0v) is 16.4. The molecule has 2 amide bonds. The zero-order chi connectivity index (χ0) is 19.6. The predicted octanol–water partition coefficient (Wildman–Crippen LogP) is 3.15. The number of nitrogens with zero attached hydrogens (tertiary/aromatic N) is 1. The van der Waals surface area contributed by atoms with E-state index >= 15 is 0 Å². The van der Waals surface area contributed by atoms with E-state index in [0.717, 1.165) is 44.8 Å². The van der Waals surface area contributed by atoms with Crippen LogP contribution in [0.4, 0.5) is 10.5 Å². The molecule has 6 heteroatoms. The highest BCUT2D eigenvalue weighted by Gasteiger charge is 2.20. The fraction of sp³-hybridized carbons (Fsp3) is 0.409. The van der Waals surface area contributed by atoms with Gasteiger partial charge >= 0.3 is 6.03 Å². The van der Waals surface area contributed by atoms with Gasteiger partial charge in [0.1, 0.15) is 5.75 Å². The van der Waals surface area contributed by atoms with Crippen molar-refractivity contribution in [3.63, 3.8) is 0 Å². The molecule has 1 saturated heterocycles. The molecule has 0 spiro atoms. The lowest BCUT2D eigenvalue weighted by atomic mass is 10.1. The number of carbonyl (C=O) groups excluding carboxylic acids is 1. The molecule has 0 saturated carbocycles. The lowest BCUT2D eigenvalue weighted by Crippen LogP contribution is -2.44. The Labute approximate surface area is 166 Å². The van der Waals surface area contributed by atoms with Gasteiger partial charge in [0.2, 0.25) is 0 Å². The standard InChI is InChI=1S/C22H29N3O3/c1-27-20-10-5-9-19(16-20)24-22(26)23-11-6-12-25-13-14-28-21(17-25)15-18-7-3-2-4-8-18/h2-5,7-10,16,21H,6,11-15,17H2,1H3,(H2,23,24,26). The van der Waals surface area contributed by atoms with Gasteiger partial charge in [-0.1, -0.05) is 36.4 Å². The summed E-state index contributed by atoms with van der Waals surface area (Å²) in [7, 11) is 1.61. The Morgan fingerprint density at radius 1 is 1.21 bits per heavy atom. The van der Waals surface area contributed by atoms with Crippen LogP contribution < -0.4 is 15.4 Å². The van der Waals surface area contributed by atoms with Crippen molar-refractivity contribution in [1.82, 2.24) is 10.2 Å². The molecule has 2 aromatic carbocycles. The normalized spacial score (nSPS) is 17.1. The number of ether oxygens (including phenoxy) is 2. The van der Waals surface area contributed by atoms with Crippen LogP contribution in [0.25, 0.3) is 0 Å². The summed E-state index contributed by atoms with van der Waals surface area (Å²) in [5.41, 5.74) is 2.03. The van der Waals surface area contributed by atoms with E-state index in [9.17, 15) is 4.79 Å². The summed E-state index contributed by atoms with van der Waals surface area (Å²) < 4.78 is 11.1. The molecule has 28 heavy (non-hydrogen) atoms. The van der Waals surface area contributed by atoms with E-state index in [2.05, 4.69) is 39.8 Å². The van der Waals surface area contributed by atoms with Gasteiger partial charge in [0.25, 0.3) is 0 Å². The summed E-state index contributed by atoms with van der Waals surface area (Å²) in [5.74, 6) is 0.718. The Bertz CT molecular complexity index is 739. The molecule has 3 rings (SSSR count). The molecule has 1 aliphatic rings. The van der Waals surface area contributed by atoms with Crippen molar-refractivity contribution in [3.05, 3.63) is 60.2 Å². The molecule has 0 aromatic heterocycles. The van der Waals surface area contributed by atoms with E-state index in [1.165, 1.54) is 5.56 Å². The lowest BCUT2D eigenvalue weighted by Gasteiger charge is -2.33. The summed E-state index contributed by atoms with van der Waals surface area (Å²) in [4.78, 5) is 14.4. The second kappa shape index (κ2) is 10.7. The maximum absolute atomic E-state index is 12.0. The first kappa shape index (κ1) is 20.2. The monoisotopic (exact) mass is 383 g/mol. The zero-order valence-electron chi connectivity index (χ0n) is 16.4. The van der Waals surface area contributed by atoms with Gasteiger partial charge in [0.15, 0.2) is 0 Å². The van der Waals surface area contributed by atoms with Gasteiger partial charge in [-0.25, -0.2) is 4.79 Å². The third kappa shape index (κ3) is 6.55. The molecule has 0 bridgehead atoms. The minimum atomic E-state index is -0.197. The highest BCUT2D eigenvalue weighted by molar-refractivity contribution is 5.89. The summed E-state index contributed by atoms with van der Waals surface area (Å²) in [6.45, 7) is 4.23. The number of nitrogens with one attached hydrogen (secondary N) is 2. The second-order valence-electron chi connectivity index (χ2n) is 6.95. The van der Waals surface area contributed by atoms with Crippen LogP contribution in [0.3, 0.4) is 0 Å². The second-order valence-corrected chi connectivity index (χ2v) is 6.95. The Morgan fingerprint density at radius 2 is 2.07 bits per heavy atom. The first-order valence-electron chi connectivity index (χ1n) is 9.80. The molecule has 1 unspecified atom stereocenters. The molecule has 1 atom stereocenters. The Kier molecular flexibility index (Phi) is 7.70. The van der Waals surface area contributed by atoms with Crippen LogP contribution in [0.5, 0.6) is 5.75 Å². The largest absolute Gasteiger partial charge is 0.497 e. The first-order valence-corrected chi connectivity index (χ1v) is 9.80. The minimum absolute atomic E-state index is 0.197. The van der Waals surface area contributed by atoms with E-state index in [1.54, 1.807) is 13.2 Å². The number of hydrogen-bond acceptors (Lipinski definition) is 4. The van der Waals surface area contributed by atoms with Crippen LogP contribution in [0.2, 0.25) is 0 Å². The van der Waals surface area contributed by atoms with Gasteiger partial charge in [0, 0.05) is 37.9 Å². The number of methoxy groups -OCH3 is 1. The number of benzene rings is 2. The van der Waals surface area contributed by atoms with Crippen LogP contribution in [0, 0.1) is 0 Å². The summed E-state index contributed by atoms with van der Waals surface area (Å²) in [6, 6.07) is 17.6. The van der Waals surface area contributed by atoms with Crippen LogP contribution in [-0.4, -0.2) is 56.9 Å². The number of urea groups is 1. The van der Waals surface area contributed by atoms with Crippen molar-refractivity contribution in [3.8, 4) is 5.75 Å². The summed E-state index contributed by atoms with van der Waals surface area (Å²) in [5, 5.41) is 5.74. The number of carbonyl (C=O) groups is 1. The molecule has 0 radical (unpaired) electrons. The number of amides is 2. The van der Waals surface area contributed by atoms with Crippen molar-refractivity contribution >= 4 is 11.7 Å². The molecule has 1 fully saturated rings. The number of morpholine rings is 1. The molecule has 150 valence electrons. The van der Waals surface area contributed by atoms with Crippen LogP contribution in [-0.2, 0) is 11.2 Å². The van der Waals surface area contributed by atoms with Gasteiger partial charge < -0.3 is 20.1 Å². The quantitative estimate of drug-likeness (QED) is 0.688. The number of anilines is 1. The van der Waals surface area contributed by atoms with Crippen molar-refractivity contribution in [2.24, 2.45) is 0 Å². The fourth-order valence-corrected chi connectivity index (χ4v) is 3.36. The molecule has 1 heterocycles. The third-order valence-electron chi connectivity index (χ3n) is 4.79. The van der Waals surface area contributed by atoms with Gasteiger partial charge in [0.05, 0.1) is 19.8 Å². The van der Waals surface area contributed by atoms with Crippen LogP contribution in [0.1, 0.15) is 12.0 Å². The van der Waals surface area contributed by atoms with Crippen molar-refractivity contribution < 1.29 is 14.3 Å². The van der Waals surface area contributed by atoms with Gasteiger partial charge in [-0.2, -0.15) is 0 Å². The summed E-state index contributed by atoms with van der Waals surface area (Å²) in [6.07, 6.45) is 2.09. The van der Waals surface area contributed by atoms with Crippen molar-refractivity contribution in [1.29, 1.82) is 0 Å². The molecule has 1 aliphatic heterocycles. The first-order chi connectivity index (χ1) is 13.7. The molecular formula is C22H29N3O3. The van der Waals surface area contributed by atoms with E-state index in [-0.39, 0.29) is 12.1 Å². The maximum atomic E-state index is 12.0. The number of hydrogen-bond donors (Lipinski definition) is 2. The van der Waals surface area contributed by atoms with Crippen molar-refractivity contribution in [2.45, 2.75) is 18.9 Å². The average molecular weight is 383 g/mol. The van der Waals surface area contributed by atoms with Gasteiger partial charge in [-0.15, -0.1) is 0 Å². The lowest BCUT2D eigenvalue weighted by molar-refractivity contribution is -0.0277. The Hall–Kier alpha value is -2.57. The molecular weight excluding hydrogens is 354 g/mol. The van der Waals surface area contributed by atoms with Gasteiger partial charge in [-0.05, 0) is 30.5 Å². The highest BCUT2D eigenvalue weighted by atomic mass is 16.5. The molecule has 2 N–H and O–H groups in total. The predicted molar refractivity (Wildman–Crippen MR) is 111 cm³/mol. The van der Waals surface area contributed by atoms with E-state index in [0.29, 0.717) is 12.2 Å². The Balaban J connectivity index is 1.33. The van der Waals surface area contributed by atoms with E-state index in [1.807, 2.05) is 24.3 Å². The van der Waals surface area contributed by atoms with Crippen LogP contribution in [0.15, 0.2) is 54.6 Å². The van der Waals surface area contributed by atoms with E-state index < -0.39 is 0 Å². The maximum Gasteiger partial charge on any atom is 0.319 e. The Morgan fingerprint density at radius 3 is 2.89 bits per heavy atom. The molecule has 0 aliphatic carbocycles. The van der Waals surface area contributed by atoms with Gasteiger partial charge in [-0.3, -0.25) is 4.90 Å². The number of rotatable bonds is 8. The third-order valence-corrected chi connectivity index (χ3v) is 4.79. The summed E-state index contributed by atoms with van der Waals surface area (Å²) >= 11 is 0. The SMILES string of the molecule is COc1cccc(NC(=O)NCCCN2CCOC(Cc3ccccc3)C2)c1. The molecule has 6 nitrogen and oxygen atoms in total. The van der Waals surface area contributed by atoms with E-state index in [4.69, 9.17) is 9.47 Å². The average Bonchev–Trinajstić information content (AvgIpc) is 2.72. The smallest absolute Gasteiger partial charge is 0.319 e. The minimum Gasteiger partial charge on any atom is -0.497 e. The fourth-order valence-electron chi connectivity index (χ4n) is 3.36. The van der Waals surface area contributed by atoms with Crippen LogP contribution >= 0.6 is 0 Å². The molecule has 2 aromatic rings. The topological polar surface area (TPSA) is 62.8 Å². The van der Waals surface area contributed by atoms with Crippen molar-refractivity contribution in [2.75, 3.05) is 45.2 Å².